The minimum Gasteiger partial charge on any atom is -0.481 e. The molecule has 1 rings (SSSR count). The SMILES string of the molecule is O=C(O)CCCNC(=O)c1cc(Cl)ncc1Cl. The first-order valence-electron chi connectivity index (χ1n) is 4.81. The van der Waals surface area contributed by atoms with E-state index in [0.29, 0.717) is 6.42 Å². The maximum Gasteiger partial charge on any atom is 0.303 e. The number of hydrogen-bond donors (Lipinski definition) is 2. The molecule has 0 spiro atoms. The molecule has 1 amide bonds. The zero-order valence-corrected chi connectivity index (χ0v) is 10.3. The van der Waals surface area contributed by atoms with Crippen LogP contribution in [0.3, 0.4) is 0 Å². The third-order valence-electron chi connectivity index (χ3n) is 1.92. The predicted octanol–water partition coefficient (Wildman–Crippen LogP) is 1.98. The molecule has 0 radical (unpaired) electrons. The lowest BCUT2D eigenvalue weighted by Crippen LogP contribution is -2.25. The first kappa shape index (κ1) is 13.7. The minimum absolute atomic E-state index is 0.00507. The van der Waals surface area contributed by atoms with Crippen LogP contribution in [0.15, 0.2) is 12.3 Å². The number of carboxylic acid groups (broad SMARTS) is 1. The number of aliphatic carboxylic acids is 1. The normalized spacial score (nSPS) is 10.0. The van der Waals surface area contributed by atoms with Crippen molar-refractivity contribution in [3.05, 3.63) is 28.0 Å². The number of aromatic nitrogens is 1. The van der Waals surface area contributed by atoms with E-state index in [0.717, 1.165) is 0 Å². The van der Waals surface area contributed by atoms with Gasteiger partial charge in [0.15, 0.2) is 0 Å². The third kappa shape index (κ3) is 4.58. The molecule has 0 saturated heterocycles. The highest BCUT2D eigenvalue weighted by atomic mass is 35.5. The number of nitrogens with one attached hydrogen (secondary N) is 1. The molecule has 0 saturated carbocycles. The van der Waals surface area contributed by atoms with Crippen LogP contribution in [0.25, 0.3) is 0 Å². The Hall–Kier alpha value is -1.33. The summed E-state index contributed by atoms with van der Waals surface area (Å²) in [4.78, 5) is 25.6. The number of amides is 1. The van der Waals surface area contributed by atoms with Crippen LogP contribution in [0.1, 0.15) is 23.2 Å². The van der Waals surface area contributed by atoms with Gasteiger partial charge < -0.3 is 10.4 Å². The van der Waals surface area contributed by atoms with Gasteiger partial charge in [-0.2, -0.15) is 0 Å². The molecule has 0 atom stereocenters. The van der Waals surface area contributed by atoms with E-state index in [2.05, 4.69) is 10.3 Å². The number of carbonyl (C=O) groups is 2. The smallest absolute Gasteiger partial charge is 0.303 e. The molecule has 5 nitrogen and oxygen atoms in total. The first-order valence-corrected chi connectivity index (χ1v) is 5.57. The Morgan fingerprint density at radius 2 is 2.12 bits per heavy atom. The Morgan fingerprint density at radius 3 is 2.76 bits per heavy atom. The van der Waals surface area contributed by atoms with Crippen molar-refractivity contribution >= 4 is 35.1 Å². The molecule has 0 aromatic carbocycles. The Kier molecular flexibility index (Phi) is 5.18. The molecule has 0 unspecified atom stereocenters. The molecule has 92 valence electrons. The molecule has 2 N–H and O–H groups in total. The van der Waals surface area contributed by atoms with Gasteiger partial charge in [-0.3, -0.25) is 9.59 Å². The fourth-order valence-corrected chi connectivity index (χ4v) is 1.47. The van der Waals surface area contributed by atoms with Crippen molar-refractivity contribution in [1.29, 1.82) is 0 Å². The number of carbonyl (C=O) groups excluding carboxylic acids is 1. The zero-order valence-electron chi connectivity index (χ0n) is 8.74. The predicted molar refractivity (Wildman–Crippen MR) is 63.5 cm³/mol. The van der Waals surface area contributed by atoms with Crippen LogP contribution in [0, 0.1) is 0 Å². The monoisotopic (exact) mass is 276 g/mol. The summed E-state index contributed by atoms with van der Waals surface area (Å²) >= 11 is 11.4. The standard InChI is InChI=1S/C10H10Cl2N2O3/c11-7-5-14-8(12)4-6(7)10(17)13-3-1-2-9(15)16/h4-5H,1-3H2,(H,13,17)(H,15,16). The Balaban J connectivity index is 2.52. The minimum atomic E-state index is -0.899. The van der Waals surface area contributed by atoms with Crippen molar-refractivity contribution in [1.82, 2.24) is 10.3 Å². The molecule has 0 fully saturated rings. The fourth-order valence-electron chi connectivity index (χ4n) is 1.12. The molecule has 1 aromatic rings. The lowest BCUT2D eigenvalue weighted by molar-refractivity contribution is -0.137. The second-order valence-electron chi connectivity index (χ2n) is 3.24. The number of hydrogen-bond acceptors (Lipinski definition) is 3. The zero-order chi connectivity index (χ0) is 12.8. The average molecular weight is 277 g/mol. The highest BCUT2D eigenvalue weighted by Crippen LogP contribution is 2.17. The lowest BCUT2D eigenvalue weighted by atomic mass is 10.2. The van der Waals surface area contributed by atoms with Crippen molar-refractivity contribution in [3.63, 3.8) is 0 Å². The van der Waals surface area contributed by atoms with Gasteiger partial charge in [0.2, 0.25) is 0 Å². The van der Waals surface area contributed by atoms with Crippen molar-refractivity contribution in [2.24, 2.45) is 0 Å². The number of carboxylic acids is 1. The maximum absolute atomic E-state index is 11.6. The third-order valence-corrected chi connectivity index (χ3v) is 2.43. The number of halogens is 2. The van der Waals surface area contributed by atoms with E-state index in [9.17, 15) is 9.59 Å². The summed E-state index contributed by atoms with van der Waals surface area (Å²) in [7, 11) is 0. The van der Waals surface area contributed by atoms with Crippen LogP contribution in [0.2, 0.25) is 10.2 Å². The summed E-state index contributed by atoms with van der Waals surface area (Å²) in [5, 5.41) is 11.3. The van der Waals surface area contributed by atoms with Gasteiger partial charge in [0.1, 0.15) is 5.15 Å². The van der Waals surface area contributed by atoms with E-state index in [1.165, 1.54) is 12.3 Å². The molecule has 0 aliphatic heterocycles. The van der Waals surface area contributed by atoms with Crippen LogP contribution < -0.4 is 5.32 Å². The van der Waals surface area contributed by atoms with E-state index >= 15 is 0 Å². The van der Waals surface area contributed by atoms with Crippen LogP contribution in [-0.2, 0) is 4.79 Å². The topological polar surface area (TPSA) is 79.3 Å². The van der Waals surface area contributed by atoms with Gasteiger partial charge in [-0.25, -0.2) is 4.98 Å². The molecule has 7 heteroatoms. The van der Waals surface area contributed by atoms with Gasteiger partial charge in [0.25, 0.3) is 5.91 Å². The number of rotatable bonds is 5. The van der Waals surface area contributed by atoms with Crippen molar-refractivity contribution in [2.75, 3.05) is 6.54 Å². The Labute approximate surface area is 108 Å². The highest BCUT2D eigenvalue weighted by Gasteiger charge is 2.11. The fraction of sp³-hybridized carbons (Fsp3) is 0.300. The maximum atomic E-state index is 11.6. The molecule has 0 aliphatic carbocycles. The van der Waals surface area contributed by atoms with E-state index in [1.54, 1.807) is 0 Å². The van der Waals surface area contributed by atoms with Crippen LogP contribution >= 0.6 is 23.2 Å². The second-order valence-corrected chi connectivity index (χ2v) is 4.03. The lowest BCUT2D eigenvalue weighted by Gasteiger charge is -2.05. The van der Waals surface area contributed by atoms with Crippen molar-refractivity contribution < 1.29 is 14.7 Å². The van der Waals surface area contributed by atoms with Crippen LogP contribution in [-0.4, -0.2) is 28.5 Å². The van der Waals surface area contributed by atoms with Gasteiger partial charge in [-0.1, -0.05) is 23.2 Å². The first-order chi connectivity index (χ1) is 8.00. The summed E-state index contributed by atoms with van der Waals surface area (Å²) in [5.74, 6) is -1.30. The van der Waals surface area contributed by atoms with Crippen LogP contribution in [0.4, 0.5) is 0 Å². The van der Waals surface area contributed by atoms with E-state index < -0.39 is 11.9 Å². The summed E-state index contributed by atoms with van der Waals surface area (Å²) < 4.78 is 0. The van der Waals surface area contributed by atoms with Gasteiger partial charge >= 0.3 is 5.97 Å². The quantitative estimate of drug-likeness (QED) is 0.637. The molecule has 1 aromatic heterocycles. The number of pyridine rings is 1. The molecule has 17 heavy (non-hydrogen) atoms. The van der Waals surface area contributed by atoms with E-state index in [-0.39, 0.29) is 28.7 Å². The van der Waals surface area contributed by atoms with Crippen molar-refractivity contribution in [3.8, 4) is 0 Å². The molecular weight excluding hydrogens is 267 g/mol. The van der Waals surface area contributed by atoms with E-state index in [4.69, 9.17) is 28.3 Å². The van der Waals surface area contributed by atoms with Gasteiger partial charge in [-0.15, -0.1) is 0 Å². The van der Waals surface area contributed by atoms with Gasteiger partial charge in [-0.05, 0) is 12.5 Å². The molecule has 1 heterocycles. The Bertz CT molecular complexity index is 438. The second kappa shape index (κ2) is 6.42. The summed E-state index contributed by atoms with van der Waals surface area (Å²) in [6, 6.07) is 1.36. The van der Waals surface area contributed by atoms with Gasteiger partial charge in [0.05, 0.1) is 10.6 Å². The largest absolute Gasteiger partial charge is 0.481 e. The molecular formula is C10H10Cl2N2O3. The van der Waals surface area contributed by atoms with E-state index in [1.807, 2.05) is 0 Å². The molecule has 0 aliphatic rings. The Morgan fingerprint density at radius 1 is 1.41 bits per heavy atom. The highest BCUT2D eigenvalue weighted by molar-refractivity contribution is 6.35. The molecule has 0 bridgehead atoms. The van der Waals surface area contributed by atoms with Crippen molar-refractivity contribution in [2.45, 2.75) is 12.8 Å². The number of nitrogens with zero attached hydrogens (tertiary/aromatic N) is 1. The summed E-state index contributed by atoms with van der Waals surface area (Å²) in [6.45, 7) is 0.265. The average Bonchev–Trinajstić information content (AvgIpc) is 2.27. The summed E-state index contributed by atoms with van der Waals surface area (Å²) in [5.41, 5.74) is 0.224. The van der Waals surface area contributed by atoms with Crippen LogP contribution in [0.5, 0.6) is 0 Å². The van der Waals surface area contributed by atoms with Gasteiger partial charge in [0, 0.05) is 19.2 Å². The summed E-state index contributed by atoms with van der Waals surface area (Å²) in [6.07, 6.45) is 1.65.